The Bertz CT molecular complexity index is 254. The van der Waals surface area contributed by atoms with E-state index in [-0.39, 0.29) is 12.5 Å². The van der Waals surface area contributed by atoms with E-state index >= 15 is 0 Å². The molecular formula is C12H24N2O3. The van der Waals surface area contributed by atoms with E-state index in [0.29, 0.717) is 18.8 Å². The molecule has 0 spiro atoms. The van der Waals surface area contributed by atoms with Crippen molar-refractivity contribution in [2.24, 2.45) is 17.6 Å². The van der Waals surface area contributed by atoms with Crippen molar-refractivity contribution in [3.8, 4) is 0 Å². The Hall–Kier alpha value is -1.10. The van der Waals surface area contributed by atoms with Gasteiger partial charge in [0.15, 0.2) is 0 Å². The molecule has 0 aliphatic carbocycles. The monoisotopic (exact) mass is 244 g/mol. The zero-order valence-electron chi connectivity index (χ0n) is 10.9. The van der Waals surface area contributed by atoms with Gasteiger partial charge in [0.25, 0.3) is 0 Å². The van der Waals surface area contributed by atoms with Crippen LogP contribution < -0.4 is 11.1 Å². The third-order valence-electron chi connectivity index (χ3n) is 2.57. The number of nitrogens with one attached hydrogen (secondary N) is 1. The number of carbonyl (C=O) groups is 2. The smallest absolute Gasteiger partial charge is 0.308 e. The minimum Gasteiger partial charge on any atom is -0.481 e. The fraction of sp³-hybridized carbons (Fsp3) is 0.833. The molecule has 0 aromatic carbocycles. The van der Waals surface area contributed by atoms with E-state index in [1.807, 2.05) is 20.8 Å². The number of carboxylic acid groups (broad SMARTS) is 1. The van der Waals surface area contributed by atoms with Crippen LogP contribution in [0.4, 0.5) is 0 Å². The maximum absolute atomic E-state index is 11.6. The molecule has 0 aliphatic heterocycles. The summed E-state index contributed by atoms with van der Waals surface area (Å²) in [5.74, 6) is -1.30. The number of hydrogen-bond donors (Lipinski definition) is 3. The highest BCUT2D eigenvalue weighted by atomic mass is 16.4. The Kier molecular flexibility index (Phi) is 7.54. The van der Waals surface area contributed by atoms with Gasteiger partial charge < -0.3 is 16.2 Å². The maximum Gasteiger partial charge on any atom is 0.308 e. The summed E-state index contributed by atoms with van der Waals surface area (Å²) in [6.45, 7) is 6.06. The fourth-order valence-corrected chi connectivity index (χ4v) is 1.63. The molecule has 0 bridgehead atoms. The van der Waals surface area contributed by atoms with Gasteiger partial charge in [-0.1, -0.05) is 27.2 Å². The number of amides is 1. The molecule has 0 aliphatic rings. The fourth-order valence-electron chi connectivity index (χ4n) is 1.63. The Morgan fingerprint density at radius 1 is 1.35 bits per heavy atom. The Morgan fingerprint density at radius 3 is 2.35 bits per heavy atom. The van der Waals surface area contributed by atoms with Crippen LogP contribution in [0.1, 0.15) is 40.0 Å². The molecule has 5 heteroatoms. The van der Waals surface area contributed by atoms with Crippen LogP contribution in [0.25, 0.3) is 0 Å². The first-order valence-electron chi connectivity index (χ1n) is 6.14. The number of rotatable bonds is 8. The van der Waals surface area contributed by atoms with Crippen molar-refractivity contribution >= 4 is 11.9 Å². The summed E-state index contributed by atoms with van der Waals surface area (Å²) in [5, 5.41) is 11.5. The lowest BCUT2D eigenvalue weighted by Gasteiger charge is -2.16. The van der Waals surface area contributed by atoms with Crippen LogP contribution in [0.5, 0.6) is 0 Å². The molecule has 5 nitrogen and oxygen atoms in total. The first kappa shape index (κ1) is 15.9. The van der Waals surface area contributed by atoms with Gasteiger partial charge in [0.2, 0.25) is 5.91 Å². The maximum atomic E-state index is 11.6. The van der Waals surface area contributed by atoms with E-state index < -0.39 is 17.9 Å². The van der Waals surface area contributed by atoms with E-state index in [0.717, 1.165) is 6.42 Å². The van der Waals surface area contributed by atoms with Crippen molar-refractivity contribution in [2.45, 2.75) is 46.1 Å². The van der Waals surface area contributed by atoms with E-state index in [9.17, 15) is 9.59 Å². The zero-order chi connectivity index (χ0) is 13.4. The van der Waals surface area contributed by atoms with Gasteiger partial charge in [0.1, 0.15) is 0 Å². The van der Waals surface area contributed by atoms with Crippen molar-refractivity contribution < 1.29 is 14.7 Å². The lowest BCUT2D eigenvalue weighted by atomic mass is 10.0. The molecule has 2 atom stereocenters. The number of hydrogen-bond acceptors (Lipinski definition) is 3. The molecule has 17 heavy (non-hydrogen) atoms. The third kappa shape index (κ3) is 6.94. The van der Waals surface area contributed by atoms with E-state index in [1.165, 1.54) is 0 Å². The van der Waals surface area contributed by atoms with Gasteiger partial charge in [-0.25, -0.2) is 0 Å². The quantitative estimate of drug-likeness (QED) is 0.593. The lowest BCUT2D eigenvalue weighted by Crippen LogP contribution is -2.44. The number of carbonyl (C=O) groups excluding carboxylic acids is 1. The summed E-state index contributed by atoms with van der Waals surface area (Å²) in [6.07, 6.45) is 1.96. The highest BCUT2D eigenvalue weighted by Gasteiger charge is 2.20. The van der Waals surface area contributed by atoms with Crippen LogP contribution in [-0.4, -0.2) is 29.6 Å². The third-order valence-corrected chi connectivity index (χ3v) is 2.57. The highest BCUT2D eigenvalue weighted by molar-refractivity contribution is 5.82. The predicted octanol–water partition coefficient (Wildman–Crippen LogP) is 0.977. The Labute approximate surface area is 103 Å². The highest BCUT2D eigenvalue weighted by Crippen LogP contribution is 2.06. The van der Waals surface area contributed by atoms with Crippen molar-refractivity contribution in [3.63, 3.8) is 0 Å². The molecule has 0 saturated heterocycles. The van der Waals surface area contributed by atoms with Crippen LogP contribution in [0.3, 0.4) is 0 Å². The molecule has 0 aromatic rings. The van der Waals surface area contributed by atoms with Crippen molar-refractivity contribution in [1.82, 2.24) is 5.32 Å². The summed E-state index contributed by atoms with van der Waals surface area (Å²) in [4.78, 5) is 22.4. The molecular weight excluding hydrogens is 220 g/mol. The lowest BCUT2D eigenvalue weighted by molar-refractivity contribution is -0.142. The molecule has 0 aromatic heterocycles. The molecule has 1 amide bonds. The molecule has 100 valence electrons. The average molecular weight is 244 g/mol. The number of carboxylic acids is 1. The average Bonchev–Trinajstić information content (AvgIpc) is 2.22. The number of aliphatic carboxylic acids is 1. The Balaban J connectivity index is 4.07. The minimum absolute atomic E-state index is 0.161. The largest absolute Gasteiger partial charge is 0.481 e. The standard InChI is InChI=1S/C12H24N2O3/c1-4-5-9(12(16)17)7-14-11(15)10(13)6-8(2)3/h8-10H,4-7,13H2,1-3H3,(H,14,15)(H,16,17)/t9?,10-/m0/s1. The van der Waals surface area contributed by atoms with Crippen LogP contribution in [-0.2, 0) is 9.59 Å². The van der Waals surface area contributed by atoms with Gasteiger partial charge >= 0.3 is 5.97 Å². The molecule has 0 radical (unpaired) electrons. The zero-order valence-corrected chi connectivity index (χ0v) is 10.9. The first-order valence-corrected chi connectivity index (χ1v) is 6.14. The van der Waals surface area contributed by atoms with Crippen LogP contribution in [0.2, 0.25) is 0 Å². The Morgan fingerprint density at radius 2 is 1.94 bits per heavy atom. The summed E-state index contributed by atoms with van der Waals surface area (Å²) in [7, 11) is 0. The van der Waals surface area contributed by atoms with Gasteiger partial charge in [0.05, 0.1) is 12.0 Å². The summed E-state index contributed by atoms with van der Waals surface area (Å²) in [5.41, 5.74) is 5.69. The molecule has 0 saturated carbocycles. The van der Waals surface area contributed by atoms with E-state index in [2.05, 4.69) is 5.32 Å². The number of nitrogens with two attached hydrogens (primary N) is 1. The molecule has 1 unspecified atom stereocenters. The summed E-state index contributed by atoms with van der Waals surface area (Å²) in [6, 6.07) is -0.550. The van der Waals surface area contributed by atoms with Gasteiger partial charge in [-0.15, -0.1) is 0 Å². The van der Waals surface area contributed by atoms with Gasteiger partial charge in [-0.2, -0.15) is 0 Å². The molecule has 4 N–H and O–H groups in total. The van der Waals surface area contributed by atoms with Crippen molar-refractivity contribution in [2.75, 3.05) is 6.54 Å². The normalized spacial score (nSPS) is 14.4. The first-order chi connectivity index (χ1) is 7.88. The van der Waals surface area contributed by atoms with Crippen LogP contribution >= 0.6 is 0 Å². The summed E-state index contributed by atoms with van der Waals surface area (Å²) >= 11 is 0. The summed E-state index contributed by atoms with van der Waals surface area (Å²) < 4.78 is 0. The van der Waals surface area contributed by atoms with E-state index in [1.54, 1.807) is 0 Å². The second kappa shape index (κ2) is 8.06. The van der Waals surface area contributed by atoms with Crippen molar-refractivity contribution in [3.05, 3.63) is 0 Å². The second-order valence-corrected chi connectivity index (χ2v) is 4.81. The molecule has 0 rings (SSSR count). The van der Waals surface area contributed by atoms with Gasteiger partial charge in [-0.05, 0) is 18.8 Å². The predicted molar refractivity (Wildman–Crippen MR) is 66.5 cm³/mol. The topological polar surface area (TPSA) is 92.4 Å². The van der Waals surface area contributed by atoms with Crippen molar-refractivity contribution in [1.29, 1.82) is 0 Å². The van der Waals surface area contributed by atoms with Gasteiger partial charge in [-0.3, -0.25) is 9.59 Å². The molecule has 0 fully saturated rings. The van der Waals surface area contributed by atoms with E-state index in [4.69, 9.17) is 10.8 Å². The van der Waals surface area contributed by atoms with Gasteiger partial charge in [0, 0.05) is 6.54 Å². The second-order valence-electron chi connectivity index (χ2n) is 4.81. The minimum atomic E-state index is -0.871. The van der Waals surface area contributed by atoms with Crippen LogP contribution in [0, 0.1) is 11.8 Å². The van der Waals surface area contributed by atoms with Crippen LogP contribution in [0.15, 0.2) is 0 Å². The SMILES string of the molecule is CCCC(CNC(=O)[C@@H](N)CC(C)C)C(=O)O. The molecule has 0 heterocycles.